The normalized spacial score (nSPS) is 12.9. The maximum absolute atomic E-state index is 12.5. The molecule has 0 aliphatic carbocycles. The van der Waals surface area contributed by atoms with Crippen LogP contribution in [-0.4, -0.2) is 37.8 Å². The number of aryl methyl sites for hydroxylation is 1. The molecule has 0 aliphatic rings. The van der Waals surface area contributed by atoms with Crippen LogP contribution in [0.3, 0.4) is 0 Å². The van der Waals surface area contributed by atoms with E-state index in [4.69, 9.17) is 4.74 Å². The van der Waals surface area contributed by atoms with Gasteiger partial charge in [0.25, 0.3) is 5.91 Å². The average molecular weight is 391 g/mol. The molecule has 27 heavy (non-hydrogen) atoms. The Bertz CT molecular complexity index is 875. The highest BCUT2D eigenvalue weighted by Crippen LogP contribution is 2.19. The summed E-state index contributed by atoms with van der Waals surface area (Å²) in [4.78, 5) is 12.5. The molecule has 0 radical (unpaired) electrons. The van der Waals surface area contributed by atoms with Crippen LogP contribution in [0, 0.1) is 6.92 Å². The summed E-state index contributed by atoms with van der Waals surface area (Å²) >= 11 is 0. The molecule has 7 heteroatoms. The van der Waals surface area contributed by atoms with Crippen molar-refractivity contribution in [1.82, 2.24) is 4.31 Å². The molecule has 1 amide bonds. The van der Waals surface area contributed by atoms with E-state index in [1.54, 1.807) is 26.1 Å². The number of ether oxygens (including phenoxy) is 1. The second kappa shape index (κ2) is 8.54. The maximum atomic E-state index is 12.5. The Kier molecular flexibility index (Phi) is 6.62. The number of nitrogens with zero attached hydrogens (tertiary/aromatic N) is 1. The van der Waals surface area contributed by atoms with Crippen LogP contribution >= 0.6 is 0 Å². The fourth-order valence-corrected chi connectivity index (χ4v) is 3.64. The molecule has 0 aliphatic heterocycles. The lowest BCUT2D eigenvalue weighted by molar-refractivity contribution is -0.122. The van der Waals surface area contributed by atoms with Gasteiger partial charge in [-0.15, -0.1) is 0 Å². The second-order valence-electron chi connectivity index (χ2n) is 6.70. The number of sulfonamides is 1. The fourth-order valence-electron chi connectivity index (χ4n) is 2.27. The van der Waals surface area contributed by atoms with Crippen molar-refractivity contribution < 1.29 is 17.9 Å². The number of hydrogen-bond donors (Lipinski definition) is 1. The van der Waals surface area contributed by atoms with Crippen molar-refractivity contribution in [3.8, 4) is 5.75 Å². The van der Waals surface area contributed by atoms with Gasteiger partial charge in [0.1, 0.15) is 5.75 Å². The van der Waals surface area contributed by atoms with Crippen LogP contribution in [0.4, 0.5) is 5.69 Å². The van der Waals surface area contributed by atoms with Gasteiger partial charge in [0.15, 0.2) is 6.10 Å². The van der Waals surface area contributed by atoms with Gasteiger partial charge in [-0.25, -0.2) is 8.42 Å². The number of amides is 1. The number of benzene rings is 2. The van der Waals surface area contributed by atoms with Crippen molar-refractivity contribution in [3.63, 3.8) is 0 Å². The standard InChI is InChI=1S/C20H26N2O4S/c1-14(2)22(5)27(24,25)19-12-8-17(9-13-19)21-20(23)16(4)26-18-10-6-15(3)7-11-18/h6-14,16H,1-5H3,(H,21,23). The number of hydrogen-bond acceptors (Lipinski definition) is 4. The predicted molar refractivity (Wildman–Crippen MR) is 106 cm³/mol. The largest absolute Gasteiger partial charge is 0.481 e. The molecule has 0 saturated heterocycles. The van der Waals surface area contributed by atoms with Gasteiger partial charge < -0.3 is 10.1 Å². The summed E-state index contributed by atoms with van der Waals surface area (Å²) in [6.07, 6.45) is -0.691. The first kappa shape index (κ1) is 20.9. The summed E-state index contributed by atoms with van der Waals surface area (Å²) in [5, 5.41) is 2.73. The number of anilines is 1. The number of nitrogens with one attached hydrogen (secondary N) is 1. The van der Waals surface area contributed by atoms with E-state index >= 15 is 0 Å². The summed E-state index contributed by atoms with van der Waals surface area (Å²) in [6.45, 7) is 7.25. The maximum Gasteiger partial charge on any atom is 0.265 e. The molecule has 0 spiro atoms. The van der Waals surface area contributed by atoms with Crippen LogP contribution in [0.5, 0.6) is 5.75 Å². The summed E-state index contributed by atoms with van der Waals surface area (Å²) in [5.74, 6) is 0.298. The molecule has 2 rings (SSSR count). The molecule has 2 aromatic rings. The lowest BCUT2D eigenvalue weighted by Gasteiger charge is -2.21. The van der Waals surface area contributed by atoms with Crippen molar-refractivity contribution in [3.05, 3.63) is 54.1 Å². The van der Waals surface area contributed by atoms with Gasteiger partial charge >= 0.3 is 0 Å². The van der Waals surface area contributed by atoms with Crippen molar-refractivity contribution in [2.45, 2.75) is 44.7 Å². The van der Waals surface area contributed by atoms with Crippen LogP contribution in [0.15, 0.2) is 53.4 Å². The molecule has 1 unspecified atom stereocenters. The minimum atomic E-state index is -3.55. The van der Waals surface area contributed by atoms with Crippen molar-refractivity contribution >= 4 is 21.6 Å². The van der Waals surface area contributed by atoms with Gasteiger partial charge in [-0.1, -0.05) is 17.7 Å². The third-order valence-corrected chi connectivity index (χ3v) is 6.28. The molecule has 6 nitrogen and oxygen atoms in total. The zero-order chi connectivity index (χ0) is 20.2. The third-order valence-electron chi connectivity index (χ3n) is 4.23. The molecule has 0 saturated carbocycles. The van der Waals surface area contributed by atoms with Crippen LogP contribution < -0.4 is 10.1 Å². The molecular formula is C20H26N2O4S. The Labute approximate surface area is 161 Å². The van der Waals surface area contributed by atoms with Gasteiger partial charge in [0, 0.05) is 18.8 Å². The molecule has 0 bridgehead atoms. The minimum Gasteiger partial charge on any atom is -0.481 e. The molecule has 1 N–H and O–H groups in total. The molecule has 0 heterocycles. The Morgan fingerprint density at radius 1 is 1.00 bits per heavy atom. The summed E-state index contributed by atoms with van der Waals surface area (Å²) < 4.78 is 31.9. The Balaban J connectivity index is 2.03. The van der Waals surface area contributed by atoms with Crippen LogP contribution in [-0.2, 0) is 14.8 Å². The zero-order valence-electron chi connectivity index (χ0n) is 16.3. The quantitative estimate of drug-likeness (QED) is 0.786. The van der Waals surface area contributed by atoms with Crippen molar-refractivity contribution in [2.75, 3.05) is 12.4 Å². The summed E-state index contributed by atoms with van der Waals surface area (Å²) in [6, 6.07) is 13.4. The minimum absolute atomic E-state index is 0.144. The van der Waals surface area contributed by atoms with E-state index in [-0.39, 0.29) is 16.8 Å². The van der Waals surface area contributed by atoms with Gasteiger partial charge in [-0.05, 0) is 64.1 Å². The van der Waals surface area contributed by atoms with E-state index in [0.717, 1.165) is 5.56 Å². The monoisotopic (exact) mass is 390 g/mol. The van der Waals surface area contributed by atoms with Gasteiger partial charge in [-0.3, -0.25) is 4.79 Å². The topological polar surface area (TPSA) is 75.7 Å². The van der Waals surface area contributed by atoms with Crippen LogP contribution in [0.1, 0.15) is 26.3 Å². The SMILES string of the molecule is Cc1ccc(OC(C)C(=O)Nc2ccc(S(=O)(=O)N(C)C(C)C)cc2)cc1. The Hall–Kier alpha value is -2.38. The van der Waals surface area contributed by atoms with E-state index in [1.807, 2.05) is 45.0 Å². The lowest BCUT2D eigenvalue weighted by atomic mass is 10.2. The third kappa shape index (κ3) is 5.30. The molecular weight excluding hydrogens is 364 g/mol. The first-order valence-electron chi connectivity index (χ1n) is 8.73. The fraction of sp³-hybridized carbons (Fsp3) is 0.350. The number of rotatable bonds is 7. The lowest BCUT2D eigenvalue weighted by Crippen LogP contribution is -2.33. The van der Waals surface area contributed by atoms with Crippen LogP contribution in [0.25, 0.3) is 0 Å². The van der Waals surface area contributed by atoms with Crippen LogP contribution in [0.2, 0.25) is 0 Å². The number of carbonyl (C=O) groups excluding carboxylic acids is 1. The highest BCUT2D eigenvalue weighted by Gasteiger charge is 2.23. The van der Waals surface area contributed by atoms with E-state index in [0.29, 0.717) is 11.4 Å². The predicted octanol–water partition coefficient (Wildman–Crippen LogP) is 3.43. The van der Waals surface area contributed by atoms with Gasteiger partial charge in [0.05, 0.1) is 4.90 Å². The van der Waals surface area contributed by atoms with E-state index in [2.05, 4.69) is 5.32 Å². The second-order valence-corrected chi connectivity index (χ2v) is 8.70. The molecule has 0 aromatic heterocycles. The van der Waals surface area contributed by atoms with Gasteiger partial charge in [-0.2, -0.15) is 4.31 Å². The highest BCUT2D eigenvalue weighted by molar-refractivity contribution is 7.89. The first-order valence-corrected chi connectivity index (χ1v) is 10.2. The Morgan fingerprint density at radius 3 is 2.07 bits per heavy atom. The van der Waals surface area contributed by atoms with E-state index < -0.39 is 16.1 Å². The van der Waals surface area contributed by atoms with Gasteiger partial charge in [0.2, 0.25) is 10.0 Å². The molecule has 2 aromatic carbocycles. The smallest absolute Gasteiger partial charge is 0.265 e. The van der Waals surface area contributed by atoms with Crippen molar-refractivity contribution in [2.24, 2.45) is 0 Å². The van der Waals surface area contributed by atoms with E-state index in [9.17, 15) is 13.2 Å². The molecule has 146 valence electrons. The summed E-state index contributed by atoms with van der Waals surface area (Å²) in [5.41, 5.74) is 1.61. The highest BCUT2D eigenvalue weighted by atomic mass is 32.2. The van der Waals surface area contributed by atoms with Crippen molar-refractivity contribution in [1.29, 1.82) is 0 Å². The first-order chi connectivity index (χ1) is 12.6. The Morgan fingerprint density at radius 2 is 1.56 bits per heavy atom. The molecule has 1 atom stereocenters. The van der Waals surface area contributed by atoms with E-state index in [1.165, 1.54) is 16.4 Å². The zero-order valence-corrected chi connectivity index (χ0v) is 17.1. The average Bonchev–Trinajstić information content (AvgIpc) is 2.63. The number of carbonyl (C=O) groups is 1. The summed E-state index contributed by atoms with van der Waals surface area (Å²) in [7, 11) is -2.01. The molecule has 0 fully saturated rings.